The highest BCUT2D eigenvalue weighted by atomic mass is 16.5. The fourth-order valence-electron chi connectivity index (χ4n) is 1.59. The smallest absolute Gasteiger partial charge is 0.0971 e. The summed E-state index contributed by atoms with van der Waals surface area (Å²) in [4.78, 5) is 4.42. The zero-order chi connectivity index (χ0) is 13.6. The maximum Gasteiger partial charge on any atom is 0.0971 e. The van der Waals surface area contributed by atoms with E-state index in [1.807, 2.05) is 14.1 Å². The van der Waals surface area contributed by atoms with Gasteiger partial charge in [0.2, 0.25) is 0 Å². The summed E-state index contributed by atoms with van der Waals surface area (Å²) in [5.74, 6) is 0. The molecule has 0 rings (SSSR count). The van der Waals surface area contributed by atoms with Gasteiger partial charge in [-0.15, -0.1) is 0 Å². The third kappa shape index (κ3) is 6.36. The molecule has 0 aliphatic heterocycles. The predicted molar refractivity (Wildman–Crippen MR) is 72.5 cm³/mol. The maximum atomic E-state index is 5.58. The summed E-state index contributed by atoms with van der Waals surface area (Å²) in [6.45, 7) is 8.34. The molecule has 0 bridgehead atoms. The summed E-state index contributed by atoms with van der Waals surface area (Å²) in [5, 5.41) is 0. The van der Waals surface area contributed by atoms with Crippen molar-refractivity contribution >= 4 is 0 Å². The van der Waals surface area contributed by atoms with E-state index in [1.165, 1.54) is 0 Å². The molecule has 2 unspecified atom stereocenters. The minimum atomic E-state index is 0.0895. The maximum absolute atomic E-state index is 5.58. The van der Waals surface area contributed by atoms with Crippen LogP contribution in [-0.2, 0) is 9.47 Å². The van der Waals surface area contributed by atoms with Crippen molar-refractivity contribution in [2.75, 3.05) is 48.5 Å². The number of rotatable bonds is 7. The molecule has 0 saturated carbocycles. The van der Waals surface area contributed by atoms with Gasteiger partial charge < -0.3 is 14.4 Å². The summed E-state index contributed by atoms with van der Waals surface area (Å²) in [6, 6.07) is 0. The van der Waals surface area contributed by atoms with Crippen molar-refractivity contribution in [2.45, 2.75) is 38.5 Å². The van der Waals surface area contributed by atoms with Gasteiger partial charge in [0.25, 0.3) is 0 Å². The first kappa shape index (κ1) is 16.8. The van der Waals surface area contributed by atoms with Crippen LogP contribution in [0.3, 0.4) is 0 Å². The van der Waals surface area contributed by atoms with Gasteiger partial charge in [0.15, 0.2) is 0 Å². The molecule has 2 atom stereocenters. The van der Waals surface area contributed by atoms with E-state index >= 15 is 0 Å². The average molecular weight is 246 g/mol. The second-order valence-electron chi connectivity index (χ2n) is 5.86. The van der Waals surface area contributed by atoms with Crippen molar-refractivity contribution < 1.29 is 9.47 Å². The Labute approximate surface area is 107 Å². The molecule has 0 fully saturated rings. The van der Waals surface area contributed by atoms with Gasteiger partial charge in [0.1, 0.15) is 0 Å². The van der Waals surface area contributed by atoms with Gasteiger partial charge in [-0.05, 0) is 41.9 Å². The van der Waals surface area contributed by atoms with Crippen molar-refractivity contribution in [1.29, 1.82) is 0 Å². The topological polar surface area (TPSA) is 24.9 Å². The van der Waals surface area contributed by atoms with Gasteiger partial charge in [0.05, 0.1) is 12.2 Å². The number of ether oxygens (including phenoxy) is 2. The van der Waals surface area contributed by atoms with Crippen molar-refractivity contribution in [2.24, 2.45) is 0 Å². The molecular formula is C13H30N2O2. The largest absolute Gasteiger partial charge is 0.377 e. The van der Waals surface area contributed by atoms with Crippen LogP contribution in [0.2, 0.25) is 0 Å². The lowest BCUT2D eigenvalue weighted by Crippen LogP contribution is -2.49. The lowest BCUT2D eigenvalue weighted by molar-refractivity contribution is -0.0642. The SMILES string of the molecule is COC(CN(C)C)C(CN(C)C(C)(C)C)OC. The van der Waals surface area contributed by atoms with E-state index in [1.54, 1.807) is 14.2 Å². The molecule has 4 nitrogen and oxygen atoms in total. The molecule has 104 valence electrons. The van der Waals surface area contributed by atoms with E-state index in [4.69, 9.17) is 9.47 Å². The molecule has 0 saturated heterocycles. The molecule has 0 N–H and O–H groups in total. The summed E-state index contributed by atoms with van der Waals surface area (Å²) in [6.07, 6.45) is 0.187. The normalized spacial score (nSPS) is 16.6. The third-order valence-electron chi connectivity index (χ3n) is 3.16. The Morgan fingerprint density at radius 1 is 0.882 bits per heavy atom. The van der Waals surface area contributed by atoms with Crippen LogP contribution < -0.4 is 0 Å². The van der Waals surface area contributed by atoms with E-state index < -0.39 is 0 Å². The fourth-order valence-corrected chi connectivity index (χ4v) is 1.59. The van der Waals surface area contributed by atoms with Crippen LogP contribution in [-0.4, -0.2) is 76.0 Å². The summed E-state index contributed by atoms with van der Waals surface area (Å²) >= 11 is 0. The van der Waals surface area contributed by atoms with Crippen LogP contribution in [0.5, 0.6) is 0 Å². The molecule has 0 aromatic heterocycles. The number of methoxy groups -OCH3 is 2. The van der Waals surface area contributed by atoms with Gasteiger partial charge in [-0.3, -0.25) is 4.90 Å². The average Bonchev–Trinajstić information content (AvgIpc) is 2.20. The summed E-state index contributed by atoms with van der Waals surface area (Å²) in [5.41, 5.74) is 0.146. The van der Waals surface area contributed by atoms with Crippen LogP contribution in [0.25, 0.3) is 0 Å². The number of hydrogen-bond acceptors (Lipinski definition) is 4. The van der Waals surface area contributed by atoms with Crippen molar-refractivity contribution in [1.82, 2.24) is 9.80 Å². The Bertz CT molecular complexity index is 202. The highest BCUT2D eigenvalue weighted by Gasteiger charge is 2.27. The molecule has 0 spiro atoms. The Hall–Kier alpha value is -0.160. The van der Waals surface area contributed by atoms with Gasteiger partial charge in [-0.25, -0.2) is 0 Å². The zero-order valence-corrected chi connectivity index (χ0v) is 12.8. The van der Waals surface area contributed by atoms with Crippen LogP contribution in [0.1, 0.15) is 20.8 Å². The number of likely N-dealkylation sites (N-methyl/N-ethyl adjacent to an activating group) is 2. The molecule has 0 aromatic carbocycles. The molecular weight excluding hydrogens is 216 g/mol. The van der Waals surface area contributed by atoms with Crippen LogP contribution in [0.15, 0.2) is 0 Å². The van der Waals surface area contributed by atoms with Gasteiger partial charge >= 0.3 is 0 Å². The number of nitrogens with zero attached hydrogens (tertiary/aromatic N) is 2. The lowest BCUT2D eigenvalue weighted by atomic mass is 10.0. The van der Waals surface area contributed by atoms with E-state index in [2.05, 4.69) is 37.6 Å². The quantitative estimate of drug-likeness (QED) is 0.676. The van der Waals surface area contributed by atoms with Crippen LogP contribution in [0, 0.1) is 0 Å². The molecule has 4 heteroatoms. The minimum absolute atomic E-state index is 0.0895. The first-order chi connectivity index (χ1) is 7.72. The van der Waals surface area contributed by atoms with Gasteiger partial charge in [-0.1, -0.05) is 0 Å². The molecule has 0 aliphatic carbocycles. The Kier molecular flexibility index (Phi) is 7.24. The summed E-state index contributed by atoms with van der Waals surface area (Å²) in [7, 11) is 9.72. The second-order valence-corrected chi connectivity index (χ2v) is 5.86. The van der Waals surface area contributed by atoms with E-state index in [0.29, 0.717) is 0 Å². The molecule has 0 radical (unpaired) electrons. The Morgan fingerprint density at radius 3 is 1.59 bits per heavy atom. The molecule has 17 heavy (non-hydrogen) atoms. The van der Waals surface area contributed by atoms with Crippen LogP contribution in [0.4, 0.5) is 0 Å². The van der Waals surface area contributed by atoms with E-state index in [9.17, 15) is 0 Å². The molecule has 0 heterocycles. The van der Waals surface area contributed by atoms with Crippen LogP contribution >= 0.6 is 0 Å². The van der Waals surface area contributed by atoms with Gasteiger partial charge in [-0.2, -0.15) is 0 Å². The zero-order valence-electron chi connectivity index (χ0n) is 12.8. The van der Waals surface area contributed by atoms with Crippen molar-refractivity contribution in [3.63, 3.8) is 0 Å². The fraction of sp³-hybridized carbons (Fsp3) is 1.00. The first-order valence-corrected chi connectivity index (χ1v) is 6.14. The van der Waals surface area contributed by atoms with Gasteiger partial charge in [0, 0.05) is 32.8 Å². The summed E-state index contributed by atoms with van der Waals surface area (Å²) < 4.78 is 11.1. The second kappa shape index (κ2) is 7.31. The third-order valence-corrected chi connectivity index (χ3v) is 3.16. The van der Waals surface area contributed by atoms with Crippen molar-refractivity contribution in [3.8, 4) is 0 Å². The molecule has 0 aromatic rings. The molecule has 0 aliphatic rings. The van der Waals surface area contributed by atoms with E-state index in [0.717, 1.165) is 13.1 Å². The Balaban J connectivity index is 4.48. The predicted octanol–water partition coefficient (Wildman–Crippen LogP) is 1.31. The highest BCUT2D eigenvalue weighted by Crippen LogP contribution is 2.14. The minimum Gasteiger partial charge on any atom is -0.377 e. The Morgan fingerprint density at radius 2 is 1.29 bits per heavy atom. The standard InChI is InChI=1S/C13H30N2O2/c1-13(2,3)15(6)10-12(17-8)11(16-7)9-14(4)5/h11-12H,9-10H2,1-8H3. The highest BCUT2D eigenvalue weighted by molar-refractivity contribution is 4.81. The van der Waals surface area contributed by atoms with E-state index in [-0.39, 0.29) is 17.7 Å². The van der Waals surface area contributed by atoms with Crippen molar-refractivity contribution in [3.05, 3.63) is 0 Å². The lowest BCUT2D eigenvalue weighted by Gasteiger charge is -2.37. The monoisotopic (exact) mass is 246 g/mol. The number of hydrogen-bond donors (Lipinski definition) is 0. The molecule has 0 amide bonds. The first-order valence-electron chi connectivity index (χ1n) is 6.14.